The molecular weight excluding hydrogens is 294 g/mol. The van der Waals surface area contributed by atoms with Crippen LogP contribution < -0.4 is 11.1 Å². The molecule has 1 heterocycles. The average Bonchev–Trinajstić information content (AvgIpc) is 2.89. The van der Waals surface area contributed by atoms with Crippen molar-refractivity contribution >= 4 is 28.1 Å². The number of nitrogens with two attached hydrogens (primary N) is 1. The van der Waals surface area contributed by atoms with E-state index in [1.165, 1.54) is 43.4 Å². The molecule has 0 spiro atoms. The van der Waals surface area contributed by atoms with Gasteiger partial charge in [0.1, 0.15) is 10.7 Å². The Bertz CT molecular complexity index is 657. The number of hydrogen-bond acceptors (Lipinski definition) is 5. The number of nitrogens with zero attached hydrogens (tertiary/aromatic N) is 1. The van der Waals surface area contributed by atoms with Crippen molar-refractivity contribution in [1.82, 2.24) is 4.98 Å². The van der Waals surface area contributed by atoms with Gasteiger partial charge in [-0.1, -0.05) is 60.4 Å². The van der Waals surface area contributed by atoms with Crippen molar-refractivity contribution in [3.8, 4) is 0 Å². The molecule has 2 aromatic rings. The van der Waals surface area contributed by atoms with Crippen LogP contribution in [0.3, 0.4) is 0 Å². The van der Waals surface area contributed by atoms with E-state index in [-0.39, 0.29) is 5.78 Å². The fourth-order valence-corrected chi connectivity index (χ4v) is 3.74. The molecule has 0 unspecified atom stereocenters. The first-order chi connectivity index (χ1) is 10.6. The Kier molecular flexibility index (Phi) is 4.43. The number of ketones is 1. The Morgan fingerprint density at radius 1 is 1.23 bits per heavy atom. The van der Waals surface area contributed by atoms with Crippen molar-refractivity contribution < 1.29 is 4.79 Å². The van der Waals surface area contributed by atoms with Crippen LogP contribution in [0.2, 0.25) is 0 Å². The average molecular weight is 315 g/mol. The van der Waals surface area contributed by atoms with E-state index >= 15 is 0 Å². The number of aryl methyl sites for hydroxylation is 1. The van der Waals surface area contributed by atoms with Crippen LogP contribution in [-0.4, -0.2) is 16.8 Å². The van der Waals surface area contributed by atoms with Gasteiger partial charge in [0.05, 0.1) is 0 Å². The minimum absolute atomic E-state index is 0.0494. The SMILES string of the molecule is Cc1ccc(C(=O)c2sc(NC3CCCCC3)nc2N)cc1. The maximum atomic E-state index is 12.5. The van der Waals surface area contributed by atoms with E-state index in [4.69, 9.17) is 5.73 Å². The second kappa shape index (κ2) is 6.48. The van der Waals surface area contributed by atoms with Crippen molar-refractivity contribution in [3.05, 3.63) is 40.3 Å². The predicted molar refractivity (Wildman–Crippen MR) is 91.6 cm³/mol. The maximum Gasteiger partial charge on any atom is 0.206 e. The monoisotopic (exact) mass is 315 g/mol. The lowest BCUT2D eigenvalue weighted by atomic mass is 9.96. The highest BCUT2D eigenvalue weighted by molar-refractivity contribution is 7.18. The molecule has 1 saturated carbocycles. The van der Waals surface area contributed by atoms with Crippen LogP contribution in [0, 0.1) is 6.92 Å². The summed E-state index contributed by atoms with van der Waals surface area (Å²) in [5.74, 6) is 0.278. The number of carbonyl (C=O) groups excluding carboxylic acids is 1. The summed E-state index contributed by atoms with van der Waals surface area (Å²) in [7, 11) is 0. The summed E-state index contributed by atoms with van der Waals surface area (Å²) < 4.78 is 0. The Hall–Kier alpha value is -1.88. The summed E-state index contributed by atoms with van der Waals surface area (Å²) in [6.07, 6.45) is 6.16. The first kappa shape index (κ1) is 15.0. The lowest BCUT2D eigenvalue weighted by molar-refractivity contribution is 0.104. The maximum absolute atomic E-state index is 12.5. The minimum Gasteiger partial charge on any atom is -0.382 e. The van der Waals surface area contributed by atoms with E-state index < -0.39 is 0 Å². The standard InChI is InChI=1S/C17H21N3OS/c1-11-7-9-12(10-8-11)14(21)15-16(18)20-17(22-15)19-13-5-3-2-4-6-13/h7-10,13H,2-6,18H2,1H3,(H,19,20). The molecule has 5 heteroatoms. The van der Waals surface area contributed by atoms with Gasteiger partial charge in [-0.3, -0.25) is 4.79 Å². The van der Waals surface area contributed by atoms with Gasteiger partial charge in [-0.05, 0) is 19.8 Å². The van der Waals surface area contributed by atoms with Gasteiger partial charge in [-0.15, -0.1) is 0 Å². The van der Waals surface area contributed by atoms with E-state index in [0.29, 0.717) is 22.3 Å². The van der Waals surface area contributed by atoms with Crippen molar-refractivity contribution in [2.75, 3.05) is 11.1 Å². The summed E-state index contributed by atoms with van der Waals surface area (Å²) >= 11 is 1.36. The van der Waals surface area contributed by atoms with Gasteiger partial charge in [0, 0.05) is 11.6 Å². The number of anilines is 2. The summed E-state index contributed by atoms with van der Waals surface area (Å²) in [5, 5.41) is 4.20. The van der Waals surface area contributed by atoms with E-state index in [0.717, 1.165) is 10.7 Å². The van der Waals surface area contributed by atoms with Gasteiger partial charge in [-0.25, -0.2) is 4.98 Å². The van der Waals surface area contributed by atoms with Gasteiger partial charge < -0.3 is 11.1 Å². The largest absolute Gasteiger partial charge is 0.382 e. The highest BCUT2D eigenvalue weighted by Crippen LogP contribution is 2.30. The second-order valence-corrected chi connectivity index (χ2v) is 6.91. The van der Waals surface area contributed by atoms with Gasteiger partial charge in [-0.2, -0.15) is 0 Å². The van der Waals surface area contributed by atoms with Crippen molar-refractivity contribution in [2.45, 2.75) is 45.1 Å². The number of nitrogens with one attached hydrogen (secondary N) is 1. The van der Waals surface area contributed by atoms with Crippen molar-refractivity contribution in [2.24, 2.45) is 0 Å². The fourth-order valence-electron chi connectivity index (χ4n) is 2.81. The molecule has 116 valence electrons. The molecule has 4 nitrogen and oxygen atoms in total. The molecule has 0 radical (unpaired) electrons. The Morgan fingerprint density at radius 2 is 1.91 bits per heavy atom. The lowest BCUT2D eigenvalue weighted by Crippen LogP contribution is -2.22. The zero-order valence-electron chi connectivity index (χ0n) is 12.8. The van der Waals surface area contributed by atoms with Crippen molar-refractivity contribution in [1.29, 1.82) is 0 Å². The fraction of sp³-hybridized carbons (Fsp3) is 0.412. The first-order valence-electron chi connectivity index (χ1n) is 7.77. The minimum atomic E-state index is -0.0494. The van der Waals surface area contributed by atoms with Crippen LogP contribution in [0.4, 0.5) is 10.9 Å². The van der Waals surface area contributed by atoms with E-state index in [2.05, 4.69) is 10.3 Å². The summed E-state index contributed by atoms with van der Waals surface area (Å²) in [6.45, 7) is 2.00. The molecule has 3 N–H and O–H groups in total. The predicted octanol–water partition coefficient (Wildman–Crippen LogP) is 4.01. The zero-order valence-corrected chi connectivity index (χ0v) is 13.6. The van der Waals surface area contributed by atoms with Gasteiger partial charge in [0.2, 0.25) is 5.78 Å². The van der Waals surface area contributed by atoms with Crippen LogP contribution >= 0.6 is 11.3 Å². The number of thiazole rings is 1. The molecule has 1 aliphatic carbocycles. The number of carbonyl (C=O) groups is 1. The molecular formula is C17H21N3OS. The van der Waals surface area contributed by atoms with Crippen molar-refractivity contribution in [3.63, 3.8) is 0 Å². The molecule has 0 bridgehead atoms. The van der Waals surface area contributed by atoms with Crippen LogP contribution in [0.15, 0.2) is 24.3 Å². The normalized spacial score (nSPS) is 15.7. The number of rotatable bonds is 4. The molecule has 1 aromatic carbocycles. The van der Waals surface area contributed by atoms with Gasteiger partial charge >= 0.3 is 0 Å². The molecule has 1 aliphatic rings. The quantitative estimate of drug-likeness (QED) is 0.837. The highest BCUT2D eigenvalue weighted by Gasteiger charge is 2.20. The molecule has 0 aliphatic heterocycles. The number of hydrogen-bond donors (Lipinski definition) is 2. The van der Waals surface area contributed by atoms with E-state index in [1.807, 2.05) is 31.2 Å². The number of benzene rings is 1. The second-order valence-electron chi connectivity index (χ2n) is 5.91. The van der Waals surface area contributed by atoms with Crippen LogP contribution in [0.25, 0.3) is 0 Å². The first-order valence-corrected chi connectivity index (χ1v) is 8.59. The smallest absolute Gasteiger partial charge is 0.206 e. The summed E-state index contributed by atoms with van der Waals surface area (Å²) in [5.41, 5.74) is 7.74. The van der Waals surface area contributed by atoms with Crippen LogP contribution in [-0.2, 0) is 0 Å². The molecule has 1 aromatic heterocycles. The third kappa shape index (κ3) is 3.30. The Morgan fingerprint density at radius 3 is 2.59 bits per heavy atom. The third-order valence-corrected chi connectivity index (χ3v) is 5.11. The molecule has 0 saturated heterocycles. The van der Waals surface area contributed by atoms with Gasteiger partial charge in [0.25, 0.3) is 0 Å². The van der Waals surface area contributed by atoms with Crippen LogP contribution in [0.1, 0.15) is 52.9 Å². The number of nitrogen functional groups attached to an aromatic ring is 1. The Balaban J connectivity index is 1.76. The number of aromatic nitrogens is 1. The van der Waals surface area contributed by atoms with Gasteiger partial charge in [0.15, 0.2) is 5.13 Å². The molecule has 3 rings (SSSR count). The topological polar surface area (TPSA) is 68.0 Å². The third-order valence-electron chi connectivity index (χ3n) is 4.11. The van der Waals surface area contributed by atoms with E-state index in [9.17, 15) is 4.79 Å². The molecule has 1 fully saturated rings. The zero-order chi connectivity index (χ0) is 15.5. The molecule has 22 heavy (non-hydrogen) atoms. The van der Waals surface area contributed by atoms with Crippen LogP contribution in [0.5, 0.6) is 0 Å². The molecule has 0 amide bonds. The molecule has 0 atom stereocenters. The highest BCUT2D eigenvalue weighted by atomic mass is 32.1. The lowest BCUT2D eigenvalue weighted by Gasteiger charge is -2.22. The van der Waals surface area contributed by atoms with E-state index in [1.54, 1.807) is 0 Å². The Labute approximate surface area is 134 Å². The summed E-state index contributed by atoms with van der Waals surface area (Å²) in [4.78, 5) is 17.4. The summed E-state index contributed by atoms with van der Waals surface area (Å²) in [6, 6.07) is 8.01.